The number of halogens is 1. The standard InChI is InChI=1S/C13H18BrN3O2/c1-4-7-17-12(18)11(14)10(8-16-17)15-9-13(19,5-2)6-3/h1,8,15,19H,5-7,9H2,2-3H3. The summed E-state index contributed by atoms with van der Waals surface area (Å²) in [7, 11) is 0. The molecule has 1 aromatic rings. The Morgan fingerprint density at radius 1 is 1.58 bits per heavy atom. The number of hydrogen-bond donors (Lipinski definition) is 2. The number of terminal acetylenes is 1. The molecule has 19 heavy (non-hydrogen) atoms. The summed E-state index contributed by atoms with van der Waals surface area (Å²) in [6, 6.07) is 0. The summed E-state index contributed by atoms with van der Waals surface area (Å²) >= 11 is 3.23. The first kappa shape index (κ1) is 15.7. The second-order valence-corrected chi connectivity index (χ2v) is 5.12. The van der Waals surface area contributed by atoms with Gasteiger partial charge in [-0.05, 0) is 28.8 Å². The molecule has 0 aliphatic heterocycles. The Morgan fingerprint density at radius 3 is 2.74 bits per heavy atom. The zero-order chi connectivity index (χ0) is 14.5. The lowest BCUT2D eigenvalue weighted by Gasteiger charge is -2.26. The van der Waals surface area contributed by atoms with Crippen molar-refractivity contribution in [2.45, 2.75) is 38.8 Å². The molecule has 0 radical (unpaired) electrons. The van der Waals surface area contributed by atoms with E-state index in [4.69, 9.17) is 6.42 Å². The van der Waals surface area contributed by atoms with Crippen LogP contribution in [0, 0.1) is 12.3 Å². The molecular weight excluding hydrogens is 310 g/mol. The monoisotopic (exact) mass is 327 g/mol. The van der Waals surface area contributed by atoms with Crippen molar-refractivity contribution in [3.8, 4) is 12.3 Å². The second-order valence-electron chi connectivity index (χ2n) is 4.32. The van der Waals surface area contributed by atoms with Crippen molar-refractivity contribution < 1.29 is 5.11 Å². The Morgan fingerprint density at radius 2 is 2.21 bits per heavy atom. The Bertz CT molecular complexity index is 530. The first-order valence-corrected chi connectivity index (χ1v) is 6.92. The van der Waals surface area contributed by atoms with Crippen LogP contribution in [0.1, 0.15) is 26.7 Å². The van der Waals surface area contributed by atoms with E-state index in [1.807, 2.05) is 13.8 Å². The first-order valence-electron chi connectivity index (χ1n) is 6.12. The summed E-state index contributed by atoms with van der Waals surface area (Å²) in [4.78, 5) is 11.9. The van der Waals surface area contributed by atoms with Gasteiger partial charge in [0, 0.05) is 6.54 Å². The zero-order valence-electron chi connectivity index (χ0n) is 11.1. The Balaban J connectivity index is 2.90. The molecule has 0 spiro atoms. The number of aliphatic hydroxyl groups is 1. The van der Waals surface area contributed by atoms with Gasteiger partial charge in [0.15, 0.2) is 0 Å². The number of nitrogens with one attached hydrogen (secondary N) is 1. The first-order chi connectivity index (χ1) is 8.97. The van der Waals surface area contributed by atoms with Crippen molar-refractivity contribution in [3.05, 3.63) is 21.0 Å². The van der Waals surface area contributed by atoms with Crippen LogP contribution in [0.5, 0.6) is 0 Å². The third kappa shape index (κ3) is 3.82. The highest BCUT2D eigenvalue weighted by Crippen LogP contribution is 2.20. The lowest BCUT2D eigenvalue weighted by Crippen LogP contribution is -2.36. The highest BCUT2D eigenvalue weighted by Gasteiger charge is 2.22. The van der Waals surface area contributed by atoms with E-state index in [2.05, 4.69) is 32.3 Å². The molecule has 0 fully saturated rings. The molecule has 0 saturated carbocycles. The third-order valence-electron chi connectivity index (χ3n) is 3.15. The molecule has 104 valence electrons. The van der Waals surface area contributed by atoms with Gasteiger partial charge in [-0.25, -0.2) is 4.68 Å². The summed E-state index contributed by atoms with van der Waals surface area (Å²) in [6.07, 6.45) is 7.95. The van der Waals surface area contributed by atoms with E-state index in [-0.39, 0.29) is 12.1 Å². The average molecular weight is 328 g/mol. The molecule has 1 heterocycles. The Kier molecular flexibility index (Phi) is 5.58. The average Bonchev–Trinajstić information content (AvgIpc) is 2.43. The van der Waals surface area contributed by atoms with E-state index in [1.165, 1.54) is 10.9 Å². The van der Waals surface area contributed by atoms with E-state index in [0.29, 0.717) is 29.5 Å². The van der Waals surface area contributed by atoms with Crippen LogP contribution in [-0.4, -0.2) is 27.0 Å². The predicted octanol–water partition coefficient (Wildman–Crippen LogP) is 1.60. The highest BCUT2D eigenvalue weighted by molar-refractivity contribution is 9.10. The minimum atomic E-state index is -0.785. The largest absolute Gasteiger partial charge is 0.388 e. The molecule has 0 aliphatic rings. The van der Waals surface area contributed by atoms with E-state index in [0.717, 1.165) is 0 Å². The van der Waals surface area contributed by atoms with Crippen molar-refractivity contribution in [1.82, 2.24) is 9.78 Å². The maximum atomic E-state index is 11.9. The van der Waals surface area contributed by atoms with Crippen LogP contribution in [0.15, 0.2) is 15.5 Å². The predicted molar refractivity (Wildman–Crippen MR) is 79.1 cm³/mol. The van der Waals surface area contributed by atoms with Gasteiger partial charge in [0.1, 0.15) is 11.0 Å². The van der Waals surface area contributed by atoms with E-state index in [9.17, 15) is 9.90 Å². The Hall–Kier alpha value is -1.32. The van der Waals surface area contributed by atoms with Gasteiger partial charge in [-0.15, -0.1) is 6.42 Å². The molecule has 5 nitrogen and oxygen atoms in total. The van der Waals surface area contributed by atoms with E-state index < -0.39 is 5.60 Å². The minimum absolute atomic E-state index is 0.131. The molecule has 0 unspecified atom stereocenters. The molecule has 0 aromatic carbocycles. The fourth-order valence-corrected chi connectivity index (χ4v) is 1.99. The van der Waals surface area contributed by atoms with Crippen LogP contribution < -0.4 is 10.9 Å². The summed E-state index contributed by atoms with van der Waals surface area (Å²) in [6.45, 7) is 4.33. The molecule has 0 saturated heterocycles. The molecule has 0 atom stereocenters. The van der Waals surface area contributed by atoms with E-state index >= 15 is 0 Å². The fraction of sp³-hybridized carbons (Fsp3) is 0.538. The highest BCUT2D eigenvalue weighted by atomic mass is 79.9. The maximum absolute atomic E-state index is 11.9. The van der Waals surface area contributed by atoms with Crippen molar-refractivity contribution in [2.75, 3.05) is 11.9 Å². The van der Waals surface area contributed by atoms with Gasteiger partial charge >= 0.3 is 0 Å². The number of nitrogens with zero attached hydrogens (tertiary/aromatic N) is 2. The van der Waals surface area contributed by atoms with Gasteiger partial charge < -0.3 is 10.4 Å². The van der Waals surface area contributed by atoms with Crippen molar-refractivity contribution >= 4 is 21.6 Å². The smallest absolute Gasteiger partial charge is 0.284 e. The molecular formula is C13H18BrN3O2. The molecule has 6 heteroatoms. The van der Waals surface area contributed by atoms with Crippen molar-refractivity contribution in [3.63, 3.8) is 0 Å². The molecule has 0 bridgehead atoms. The summed E-state index contributed by atoms with van der Waals surface area (Å²) in [5.41, 5.74) is -0.522. The van der Waals surface area contributed by atoms with Gasteiger partial charge in [0.05, 0.1) is 17.5 Å². The zero-order valence-corrected chi connectivity index (χ0v) is 12.7. The summed E-state index contributed by atoms with van der Waals surface area (Å²) < 4.78 is 1.56. The fourth-order valence-electron chi connectivity index (χ4n) is 1.55. The second kappa shape index (κ2) is 6.73. The Labute approximate surface area is 121 Å². The van der Waals surface area contributed by atoms with Crippen molar-refractivity contribution in [1.29, 1.82) is 0 Å². The molecule has 0 aliphatic carbocycles. The van der Waals surface area contributed by atoms with E-state index in [1.54, 1.807) is 0 Å². The number of rotatable bonds is 6. The van der Waals surface area contributed by atoms with Crippen LogP contribution in [0.4, 0.5) is 5.69 Å². The van der Waals surface area contributed by atoms with Crippen LogP contribution in [-0.2, 0) is 6.54 Å². The van der Waals surface area contributed by atoms with Crippen LogP contribution >= 0.6 is 15.9 Å². The number of anilines is 1. The number of hydrogen-bond acceptors (Lipinski definition) is 4. The van der Waals surface area contributed by atoms with Gasteiger partial charge in [0.25, 0.3) is 5.56 Å². The van der Waals surface area contributed by atoms with Crippen molar-refractivity contribution in [2.24, 2.45) is 0 Å². The maximum Gasteiger partial charge on any atom is 0.284 e. The molecule has 0 amide bonds. The number of aromatic nitrogens is 2. The van der Waals surface area contributed by atoms with Crippen LogP contribution in [0.25, 0.3) is 0 Å². The van der Waals surface area contributed by atoms with Crippen LogP contribution in [0.2, 0.25) is 0 Å². The topological polar surface area (TPSA) is 67.2 Å². The van der Waals surface area contributed by atoms with Gasteiger partial charge in [-0.2, -0.15) is 5.10 Å². The van der Waals surface area contributed by atoms with Gasteiger partial charge in [-0.1, -0.05) is 19.8 Å². The SMILES string of the molecule is C#CCn1ncc(NCC(O)(CC)CC)c(Br)c1=O. The molecule has 1 rings (SSSR count). The lowest BCUT2D eigenvalue weighted by molar-refractivity contribution is 0.0457. The van der Waals surface area contributed by atoms with Gasteiger partial charge in [0.2, 0.25) is 0 Å². The summed E-state index contributed by atoms with van der Waals surface area (Å²) in [5.74, 6) is 2.37. The minimum Gasteiger partial charge on any atom is -0.388 e. The normalized spacial score (nSPS) is 11.1. The van der Waals surface area contributed by atoms with Crippen LogP contribution in [0.3, 0.4) is 0 Å². The molecule has 2 N–H and O–H groups in total. The quantitative estimate of drug-likeness (QED) is 0.779. The molecule has 1 aromatic heterocycles. The summed E-state index contributed by atoms with van der Waals surface area (Å²) in [5, 5.41) is 17.2. The van der Waals surface area contributed by atoms with Gasteiger partial charge in [-0.3, -0.25) is 4.79 Å². The lowest BCUT2D eigenvalue weighted by atomic mass is 9.97. The third-order valence-corrected chi connectivity index (χ3v) is 3.92.